The number of thioether (sulfide) groups is 1. The van der Waals surface area contributed by atoms with Crippen molar-refractivity contribution in [2.24, 2.45) is 4.99 Å². The normalized spacial score (nSPS) is 15.7. The molecule has 2 rings (SSSR count). The highest BCUT2D eigenvalue weighted by Crippen LogP contribution is 2.19. The highest BCUT2D eigenvalue weighted by molar-refractivity contribution is 8.13. The number of furan rings is 1. The summed E-state index contributed by atoms with van der Waals surface area (Å²) in [6.45, 7) is 5.77. The molecule has 0 amide bonds. The van der Waals surface area contributed by atoms with E-state index in [4.69, 9.17) is 4.42 Å². The fourth-order valence-electron chi connectivity index (χ4n) is 1.96. The largest absolute Gasteiger partial charge is 0.464 e. The minimum atomic E-state index is 0.813. The van der Waals surface area contributed by atoms with Crippen LogP contribution in [0.1, 0.15) is 17.9 Å². The molecule has 0 saturated carbocycles. The van der Waals surface area contributed by atoms with E-state index in [1.807, 2.05) is 24.8 Å². The maximum atomic E-state index is 5.69. The molecule has 5 heteroatoms. The van der Waals surface area contributed by atoms with Gasteiger partial charge in [0.2, 0.25) is 0 Å². The van der Waals surface area contributed by atoms with Crippen molar-refractivity contribution in [3.8, 4) is 0 Å². The van der Waals surface area contributed by atoms with Crippen molar-refractivity contribution in [1.82, 2.24) is 9.80 Å². The molecule has 0 fully saturated rings. The summed E-state index contributed by atoms with van der Waals surface area (Å²) in [4.78, 5) is 9.19. The number of aliphatic imine (C=N–C) groups is 1. The van der Waals surface area contributed by atoms with Gasteiger partial charge in [-0.25, -0.2) is 0 Å². The molecule has 106 valence electrons. The zero-order chi connectivity index (χ0) is 13.7. The third-order valence-corrected chi connectivity index (χ3v) is 4.15. The summed E-state index contributed by atoms with van der Waals surface area (Å²) in [5.74, 6) is 3.17. The maximum absolute atomic E-state index is 5.69. The first kappa shape index (κ1) is 14.5. The SMILES string of the molecule is Cc1ccc(CN(CCN(C)C)C2=NCCCS2)o1. The van der Waals surface area contributed by atoms with E-state index in [1.165, 1.54) is 17.3 Å². The van der Waals surface area contributed by atoms with Crippen LogP contribution in [0.2, 0.25) is 0 Å². The Kier molecular flexibility index (Phi) is 5.34. The lowest BCUT2D eigenvalue weighted by Crippen LogP contribution is -2.35. The molecule has 0 atom stereocenters. The second kappa shape index (κ2) is 7.01. The van der Waals surface area contributed by atoms with Crippen molar-refractivity contribution in [1.29, 1.82) is 0 Å². The second-order valence-corrected chi connectivity index (χ2v) is 6.17. The minimum absolute atomic E-state index is 0.813. The molecule has 0 aliphatic carbocycles. The molecule has 0 unspecified atom stereocenters. The van der Waals surface area contributed by atoms with Crippen LogP contribution < -0.4 is 0 Å². The van der Waals surface area contributed by atoms with Crippen LogP contribution in [0.25, 0.3) is 0 Å². The number of rotatable bonds is 5. The number of hydrogen-bond donors (Lipinski definition) is 0. The molecule has 0 bridgehead atoms. The number of aryl methyl sites for hydroxylation is 1. The zero-order valence-corrected chi connectivity index (χ0v) is 12.9. The summed E-state index contributed by atoms with van der Waals surface area (Å²) in [6.07, 6.45) is 1.19. The van der Waals surface area contributed by atoms with Gasteiger partial charge in [-0.1, -0.05) is 11.8 Å². The Labute approximate surface area is 119 Å². The Hall–Kier alpha value is -0.940. The van der Waals surface area contributed by atoms with Crippen molar-refractivity contribution >= 4 is 16.9 Å². The summed E-state index contributed by atoms with van der Waals surface area (Å²) < 4.78 is 5.69. The Balaban J connectivity index is 2.02. The highest BCUT2D eigenvalue weighted by atomic mass is 32.2. The van der Waals surface area contributed by atoms with Crippen molar-refractivity contribution < 1.29 is 4.42 Å². The Morgan fingerprint density at radius 1 is 1.32 bits per heavy atom. The number of amidine groups is 1. The van der Waals surface area contributed by atoms with Crippen molar-refractivity contribution in [2.45, 2.75) is 19.9 Å². The molecular formula is C14H23N3OS. The topological polar surface area (TPSA) is 32.0 Å². The van der Waals surface area contributed by atoms with E-state index in [2.05, 4.69) is 35.0 Å². The van der Waals surface area contributed by atoms with Crippen LogP contribution in [0, 0.1) is 6.92 Å². The van der Waals surface area contributed by atoms with E-state index < -0.39 is 0 Å². The van der Waals surface area contributed by atoms with E-state index in [0.29, 0.717) is 0 Å². The molecule has 4 nitrogen and oxygen atoms in total. The lowest BCUT2D eigenvalue weighted by atomic mass is 10.4. The molecule has 0 spiro atoms. The fraction of sp³-hybridized carbons (Fsp3) is 0.643. The van der Waals surface area contributed by atoms with Crippen LogP contribution in [-0.4, -0.2) is 54.4 Å². The van der Waals surface area contributed by atoms with Gasteiger partial charge in [0.05, 0.1) is 6.54 Å². The van der Waals surface area contributed by atoms with Crippen LogP contribution >= 0.6 is 11.8 Å². The van der Waals surface area contributed by atoms with Gasteiger partial charge in [-0.15, -0.1) is 0 Å². The van der Waals surface area contributed by atoms with Crippen molar-refractivity contribution in [3.63, 3.8) is 0 Å². The maximum Gasteiger partial charge on any atom is 0.159 e. The molecule has 1 aromatic heterocycles. The van der Waals surface area contributed by atoms with Gasteiger partial charge in [0, 0.05) is 25.4 Å². The predicted octanol–water partition coefficient (Wildman–Crippen LogP) is 2.44. The molecule has 1 aliphatic heterocycles. The Morgan fingerprint density at radius 2 is 2.16 bits per heavy atom. The van der Waals surface area contributed by atoms with Crippen molar-refractivity contribution in [3.05, 3.63) is 23.7 Å². The summed E-state index contributed by atoms with van der Waals surface area (Å²) in [7, 11) is 4.20. The first-order chi connectivity index (χ1) is 9.15. The van der Waals surface area contributed by atoms with Gasteiger partial charge in [-0.2, -0.15) is 0 Å². The third kappa shape index (κ3) is 4.58. The van der Waals surface area contributed by atoms with Gasteiger partial charge < -0.3 is 14.2 Å². The molecule has 1 aliphatic rings. The molecule has 0 N–H and O–H groups in total. The fourth-order valence-corrected chi connectivity index (χ4v) is 2.94. The van der Waals surface area contributed by atoms with E-state index in [0.717, 1.165) is 37.7 Å². The number of likely N-dealkylation sites (N-methyl/N-ethyl adjacent to an activating group) is 1. The zero-order valence-electron chi connectivity index (χ0n) is 12.1. The minimum Gasteiger partial charge on any atom is -0.464 e. The van der Waals surface area contributed by atoms with Gasteiger partial charge in [0.25, 0.3) is 0 Å². The average molecular weight is 281 g/mol. The van der Waals surface area contributed by atoms with Gasteiger partial charge >= 0.3 is 0 Å². The summed E-state index contributed by atoms with van der Waals surface area (Å²) in [6, 6.07) is 4.08. The third-order valence-electron chi connectivity index (χ3n) is 3.01. The van der Waals surface area contributed by atoms with Gasteiger partial charge in [0.15, 0.2) is 5.17 Å². The standard InChI is InChI=1S/C14H23N3OS/c1-12-5-6-13(18-12)11-17(9-8-16(2)3)14-15-7-4-10-19-14/h5-6H,4,7-11H2,1-3H3. The highest BCUT2D eigenvalue weighted by Gasteiger charge is 2.16. The monoisotopic (exact) mass is 281 g/mol. The Morgan fingerprint density at radius 3 is 2.74 bits per heavy atom. The van der Waals surface area contributed by atoms with Crippen LogP contribution in [0.4, 0.5) is 0 Å². The van der Waals surface area contributed by atoms with Gasteiger partial charge in [-0.05, 0) is 39.6 Å². The number of nitrogens with zero attached hydrogens (tertiary/aromatic N) is 3. The first-order valence-corrected chi connectivity index (χ1v) is 7.76. The van der Waals surface area contributed by atoms with E-state index >= 15 is 0 Å². The van der Waals surface area contributed by atoms with E-state index in [1.54, 1.807) is 0 Å². The van der Waals surface area contributed by atoms with Crippen LogP contribution in [0.5, 0.6) is 0 Å². The molecule has 0 aromatic carbocycles. The molecule has 19 heavy (non-hydrogen) atoms. The quantitative estimate of drug-likeness (QED) is 0.830. The van der Waals surface area contributed by atoms with E-state index in [-0.39, 0.29) is 0 Å². The number of hydrogen-bond acceptors (Lipinski definition) is 5. The van der Waals surface area contributed by atoms with Crippen LogP contribution in [0.3, 0.4) is 0 Å². The molecule has 1 aromatic rings. The average Bonchev–Trinajstić information content (AvgIpc) is 2.81. The molecule has 0 saturated heterocycles. The molecule has 2 heterocycles. The summed E-state index contributed by atoms with van der Waals surface area (Å²) in [5, 5.41) is 1.17. The first-order valence-electron chi connectivity index (χ1n) is 6.77. The Bertz CT molecular complexity index is 428. The van der Waals surface area contributed by atoms with Gasteiger partial charge in [0.1, 0.15) is 11.5 Å². The predicted molar refractivity (Wildman–Crippen MR) is 81.8 cm³/mol. The van der Waals surface area contributed by atoms with Crippen LogP contribution in [-0.2, 0) is 6.54 Å². The van der Waals surface area contributed by atoms with Gasteiger partial charge in [-0.3, -0.25) is 4.99 Å². The van der Waals surface area contributed by atoms with E-state index in [9.17, 15) is 0 Å². The van der Waals surface area contributed by atoms with Crippen molar-refractivity contribution in [2.75, 3.05) is 39.5 Å². The summed E-state index contributed by atoms with van der Waals surface area (Å²) in [5.41, 5.74) is 0. The molecular weight excluding hydrogens is 258 g/mol. The lowest BCUT2D eigenvalue weighted by molar-refractivity contribution is 0.307. The molecule has 0 radical (unpaired) electrons. The summed E-state index contributed by atoms with van der Waals surface area (Å²) >= 11 is 1.86. The lowest BCUT2D eigenvalue weighted by Gasteiger charge is -2.27. The second-order valence-electron chi connectivity index (χ2n) is 5.10. The smallest absolute Gasteiger partial charge is 0.159 e. The van der Waals surface area contributed by atoms with Crippen LogP contribution in [0.15, 0.2) is 21.5 Å².